The molecule has 4 aromatic rings. The minimum atomic E-state index is 0.105. The zero-order valence-corrected chi connectivity index (χ0v) is 18.8. The molecule has 0 radical (unpaired) electrons. The Balaban J connectivity index is 1.26. The molecule has 2 aromatic heterocycles. The standard InChI is InChI=1S/C25H25ClN4O2/c1-17-28-22-6-2-3-7-23(22)30(17)16-24(31)29-12-4-5-19(15-29)25-27-14-21(32-25)13-18-8-10-20(26)11-9-18/h2-3,6-11,14,19H,4-5,12-13,15-16H2,1H3. The lowest BCUT2D eigenvalue weighted by Crippen LogP contribution is -2.41. The van der Waals surface area contributed by atoms with Gasteiger partial charge in [0.25, 0.3) is 0 Å². The van der Waals surface area contributed by atoms with E-state index in [1.54, 1.807) is 6.20 Å². The Morgan fingerprint density at radius 3 is 2.84 bits per heavy atom. The molecular formula is C25H25ClN4O2. The van der Waals surface area contributed by atoms with Crippen LogP contribution in [0.3, 0.4) is 0 Å². The summed E-state index contributed by atoms with van der Waals surface area (Å²) in [4.78, 5) is 24.2. The van der Waals surface area contributed by atoms with Crippen LogP contribution in [0.4, 0.5) is 0 Å². The van der Waals surface area contributed by atoms with Crippen LogP contribution in [0.25, 0.3) is 11.0 Å². The number of amides is 1. The molecule has 0 aliphatic carbocycles. The molecule has 1 unspecified atom stereocenters. The highest BCUT2D eigenvalue weighted by atomic mass is 35.5. The number of para-hydroxylation sites is 2. The van der Waals surface area contributed by atoms with Crippen LogP contribution in [0, 0.1) is 6.92 Å². The molecule has 6 nitrogen and oxygen atoms in total. The molecule has 1 fully saturated rings. The summed E-state index contributed by atoms with van der Waals surface area (Å²) >= 11 is 5.97. The molecule has 164 valence electrons. The topological polar surface area (TPSA) is 64.2 Å². The van der Waals surface area contributed by atoms with Gasteiger partial charge in [-0.25, -0.2) is 9.97 Å². The maximum absolute atomic E-state index is 13.1. The molecule has 0 saturated carbocycles. The Morgan fingerprint density at radius 1 is 1.19 bits per heavy atom. The number of rotatable bonds is 5. The van der Waals surface area contributed by atoms with Crippen LogP contribution in [0.1, 0.15) is 41.8 Å². The van der Waals surface area contributed by atoms with Gasteiger partial charge >= 0.3 is 0 Å². The summed E-state index contributed by atoms with van der Waals surface area (Å²) < 4.78 is 8.07. The van der Waals surface area contributed by atoms with Gasteiger partial charge in [0.2, 0.25) is 5.91 Å². The van der Waals surface area contributed by atoms with Crippen molar-refractivity contribution in [3.05, 3.63) is 82.8 Å². The van der Waals surface area contributed by atoms with Gasteiger partial charge in [-0.15, -0.1) is 0 Å². The molecule has 3 heterocycles. The predicted molar refractivity (Wildman–Crippen MR) is 124 cm³/mol. The Morgan fingerprint density at radius 2 is 2.00 bits per heavy atom. The normalized spacial score (nSPS) is 16.6. The molecule has 0 spiro atoms. The minimum Gasteiger partial charge on any atom is -0.445 e. The largest absolute Gasteiger partial charge is 0.445 e. The van der Waals surface area contributed by atoms with Crippen molar-refractivity contribution in [2.24, 2.45) is 0 Å². The maximum atomic E-state index is 13.1. The molecule has 0 N–H and O–H groups in total. The fraction of sp³-hybridized carbons (Fsp3) is 0.320. The Hall–Kier alpha value is -3.12. The summed E-state index contributed by atoms with van der Waals surface area (Å²) in [6, 6.07) is 15.7. The third kappa shape index (κ3) is 4.28. The molecule has 1 amide bonds. The minimum absolute atomic E-state index is 0.105. The van der Waals surface area contributed by atoms with Gasteiger partial charge in [-0.05, 0) is 49.6 Å². The van der Waals surface area contributed by atoms with Gasteiger partial charge in [0.1, 0.15) is 18.1 Å². The summed E-state index contributed by atoms with van der Waals surface area (Å²) in [5.74, 6) is 2.62. The van der Waals surface area contributed by atoms with Crippen LogP contribution in [-0.4, -0.2) is 38.4 Å². The number of aryl methyl sites for hydroxylation is 1. The van der Waals surface area contributed by atoms with E-state index in [0.29, 0.717) is 19.5 Å². The molecule has 32 heavy (non-hydrogen) atoms. The van der Waals surface area contributed by atoms with Crippen LogP contribution < -0.4 is 0 Å². The van der Waals surface area contributed by atoms with Gasteiger partial charge in [-0.3, -0.25) is 4.79 Å². The number of piperidine rings is 1. The van der Waals surface area contributed by atoms with Gasteiger partial charge in [0.05, 0.1) is 23.1 Å². The quantitative estimate of drug-likeness (QED) is 0.431. The molecule has 2 aromatic carbocycles. The molecule has 7 heteroatoms. The third-order valence-corrected chi connectivity index (χ3v) is 6.38. The average Bonchev–Trinajstić information content (AvgIpc) is 3.40. The van der Waals surface area contributed by atoms with Crippen molar-refractivity contribution in [3.63, 3.8) is 0 Å². The first-order valence-electron chi connectivity index (χ1n) is 11.0. The van der Waals surface area contributed by atoms with Crippen molar-refractivity contribution in [3.8, 4) is 0 Å². The molecule has 1 aliphatic rings. The number of halogens is 1. The Labute approximate surface area is 191 Å². The van der Waals surface area contributed by atoms with E-state index in [4.69, 9.17) is 16.0 Å². The van der Waals surface area contributed by atoms with Crippen LogP contribution in [0.2, 0.25) is 5.02 Å². The van der Waals surface area contributed by atoms with Crippen LogP contribution in [0.5, 0.6) is 0 Å². The van der Waals surface area contributed by atoms with Gasteiger partial charge in [-0.2, -0.15) is 0 Å². The molecular weight excluding hydrogens is 424 g/mol. The van der Waals surface area contributed by atoms with E-state index in [0.717, 1.165) is 58.5 Å². The summed E-state index contributed by atoms with van der Waals surface area (Å²) in [5, 5.41) is 0.720. The number of aromatic nitrogens is 3. The Bertz CT molecular complexity index is 1240. The number of nitrogens with zero attached hydrogens (tertiary/aromatic N) is 4. The summed E-state index contributed by atoms with van der Waals surface area (Å²) in [6.07, 6.45) is 4.38. The SMILES string of the molecule is Cc1nc2ccccc2n1CC(=O)N1CCCC(c2ncc(Cc3ccc(Cl)cc3)o2)C1. The predicted octanol–water partition coefficient (Wildman–Crippen LogP) is 4.98. The number of hydrogen-bond acceptors (Lipinski definition) is 4. The fourth-order valence-corrected chi connectivity index (χ4v) is 4.56. The van der Waals surface area contributed by atoms with Gasteiger partial charge in [0, 0.05) is 24.5 Å². The van der Waals surface area contributed by atoms with E-state index in [9.17, 15) is 4.79 Å². The zero-order valence-electron chi connectivity index (χ0n) is 18.0. The number of benzene rings is 2. The lowest BCUT2D eigenvalue weighted by Gasteiger charge is -2.31. The molecule has 1 aliphatic heterocycles. The highest BCUT2D eigenvalue weighted by Gasteiger charge is 2.28. The van der Waals surface area contributed by atoms with E-state index in [1.807, 2.05) is 64.9 Å². The fourth-order valence-electron chi connectivity index (χ4n) is 4.43. The van der Waals surface area contributed by atoms with Crippen molar-refractivity contribution in [1.82, 2.24) is 19.4 Å². The van der Waals surface area contributed by atoms with Crippen molar-refractivity contribution < 1.29 is 9.21 Å². The summed E-state index contributed by atoms with van der Waals surface area (Å²) in [7, 11) is 0. The first kappa shape index (κ1) is 20.8. The first-order chi connectivity index (χ1) is 15.6. The maximum Gasteiger partial charge on any atom is 0.242 e. The average molecular weight is 449 g/mol. The van der Waals surface area contributed by atoms with E-state index in [-0.39, 0.29) is 11.8 Å². The van der Waals surface area contributed by atoms with Crippen LogP contribution >= 0.6 is 11.6 Å². The number of carbonyl (C=O) groups excluding carboxylic acids is 1. The summed E-state index contributed by atoms with van der Waals surface area (Å²) in [5.41, 5.74) is 3.04. The molecule has 1 saturated heterocycles. The number of imidazole rings is 1. The molecule has 5 rings (SSSR count). The van der Waals surface area contributed by atoms with Gasteiger partial charge in [0.15, 0.2) is 5.89 Å². The second-order valence-electron chi connectivity index (χ2n) is 8.38. The number of carbonyl (C=O) groups is 1. The monoisotopic (exact) mass is 448 g/mol. The highest BCUT2D eigenvalue weighted by Crippen LogP contribution is 2.28. The number of hydrogen-bond donors (Lipinski definition) is 0. The smallest absolute Gasteiger partial charge is 0.242 e. The number of fused-ring (bicyclic) bond motifs is 1. The second kappa shape index (κ2) is 8.79. The van der Waals surface area contributed by atoms with E-state index in [1.165, 1.54) is 0 Å². The lowest BCUT2D eigenvalue weighted by atomic mass is 9.98. The third-order valence-electron chi connectivity index (χ3n) is 6.13. The Kier molecular flexibility index (Phi) is 5.70. The van der Waals surface area contributed by atoms with Crippen LogP contribution in [-0.2, 0) is 17.8 Å². The number of likely N-dealkylation sites (tertiary alicyclic amines) is 1. The van der Waals surface area contributed by atoms with Crippen molar-refractivity contribution in [2.75, 3.05) is 13.1 Å². The first-order valence-corrected chi connectivity index (χ1v) is 11.3. The van der Waals surface area contributed by atoms with Crippen LogP contribution in [0.15, 0.2) is 59.1 Å². The molecule has 1 atom stereocenters. The molecule has 0 bridgehead atoms. The van der Waals surface area contributed by atoms with E-state index < -0.39 is 0 Å². The summed E-state index contributed by atoms with van der Waals surface area (Å²) in [6.45, 7) is 3.64. The van der Waals surface area contributed by atoms with E-state index in [2.05, 4.69) is 9.97 Å². The zero-order chi connectivity index (χ0) is 22.1. The van der Waals surface area contributed by atoms with Crippen molar-refractivity contribution in [1.29, 1.82) is 0 Å². The van der Waals surface area contributed by atoms with Gasteiger partial charge < -0.3 is 13.9 Å². The van der Waals surface area contributed by atoms with Crippen molar-refractivity contribution in [2.45, 2.75) is 38.6 Å². The second-order valence-corrected chi connectivity index (χ2v) is 8.82. The number of oxazole rings is 1. The van der Waals surface area contributed by atoms with Crippen molar-refractivity contribution >= 4 is 28.5 Å². The highest BCUT2D eigenvalue weighted by molar-refractivity contribution is 6.30. The lowest BCUT2D eigenvalue weighted by molar-refractivity contribution is -0.133. The van der Waals surface area contributed by atoms with E-state index >= 15 is 0 Å². The van der Waals surface area contributed by atoms with Gasteiger partial charge in [-0.1, -0.05) is 35.9 Å².